The minimum absolute atomic E-state index is 0.100. The fourth-order valence-electron chi connectivity index (χ4n) is 2.82. The molecule has 2 unspecified atom stereocenters. The van der Waals surface area contributed by atoms with E-state index in [1.807, 2.05) is 24.3 Å². The van der Waals surface area contributed by atoms with E-state index in [4.69, 9.17) is 18.9 Å². The summed E-state index contributed by atoms with van der Waals surface area (Å²) in [5.74, 6) is 0.588. The lowest BCUT2D eigenvalue weighted by Gasteiger charge is -2.27. The Hall–Kier alpha value is -2.28. The van der Waals surface area contributed by atoms with E-state index in [0.717, 1.165) is 12.2 Å². The summed E-state index contributed by atoms with van der Waals surface area (Å²) in [6, 6.07) is 7.23. The van der Waals surface area contributed by atoms with Gasteiger partial charge in [-0.1, -0.05) is 6.92 Å². The van der Waals surface area contributed by atoms with Crippen LogP contribution in [0.4, 0.5) is 0 Å². The molecule has 1 amide bonds. The van der Waals surface area contributed by atoms with Gasteiger partial charge >= 0.3 is 5.97 Å². The minimum atomic E-state index is -0.430. The van der Waals surface area contributed by atoms with Crippen molar-refractivity contribution in [2.24, 2.45) is 5.92 Å². The van der Waals surface area contributed by atoms with Crippen molar-refractivity contribution in [3.05, 3.63) is 24.3 Å². The predicted octanol–water partition coefficient (Wildman–Crippen LogP) is 1.89. The summed E-state index contributed by atoms with van der Waals surface area (Å²) in [5.41, 5.74) is 0. The molecule has 0 N–H and O–H groups in total. The molecule has 2 rings (SSSR count). The van der Waals surface area contributed by atoms with Gasteiger partial charge in [-0.15, -0.1) is 0 Å². The van der Waals surface area contributed by atoms with E-state index >= 15 is 0 Å². The van der Waals surface area contributed by atoms with Crippen LogP contribution in [-0.4, -0.2) is 63.4 Å². The fraction of sp³-hybridized carbons (Fsp3) is 0.579. The summed E-state index contributed by atoms with van der Waals surface area (Å²) in [7, 11) is 2.95. The summed E-state index contributed by atoms with van der Waals surface area (Å²) in [6.45, 7) is 3.30. The van der Waals surface area contributed by atoms with Crippen LogP contribution >= 0.6 is 0 Å². The second-order valence-corrected chi connectivity index (χ2v) is 6.23. The van der Waals surface area contributed by atoms with Crippen molar-refractivity contribution in [2.45, 2.75) is 25.9 Å². The van der Waals surface area contributed by atoms with Gasteiger partial charge in [0.15, 0.2) is 0 Å². The third-order valence-corrected chi connectivity index (χ3v) is 4.30. The van der Waals surface area contributed by atoms with Gasteiger partial charge in [0.2, 0.25) is 0 Å². The van der Waals surface area contributed by atoms with Crippen molar-refractivity contribution in [3.63, 3.8) is 0 Å². The molecule has 2 atom stereocenters. The molecule has 26 heavy (non-hydrogen) atoms. The number of carbonyl (C=O) groups excluding carboxylic acids is 2. The largest absolute Gasteiger partial charge is 0.497 e. The number of methoxy groups -OCH3 is 2. The van der Waals surface area contributed by atoms with Crippen molar-refractivity contribution in [1.82, 2.24) is 4.90 Å². The maximum Gasteiger partial charge on any atom is 0.310 e. The lowest BCUT2D eigenvalue weighted by Crippen LogP contribution is -2.44. The summed E-state index contributed by atoms with van der Waals surface area (Å²) >= 11 is 0. The molecule has 1 aliphatic heterocycles. The molecule has 1 aromatic rings. The summed E-state index contributed by atoms with van der Waals surface area (Å²) in [6.07, 6.45) is 1.15. The number of hydrogen-bond donors (Lipinski definition) is 0. The Labute approximate surface area is 154 Å². The first kappa shape index (κ1) is 20.0. The van der Waals surface area contributed by atoms with E-state index in [-0.39, 0.29) is 18.4 Å². The summed E-state index contributed by atoms with van der Waals surface area (Å²) in [4.78, 5) is 26.0. The van der Waals surface area contributed by atoms with Crippen molar-refractivity contribution in [1.29, 1.82) is 0 Å². The second kappa shape index (κ2) is 10.0. The van der Waals surface area contributed by atoms with Crippen LogP contribution in [0, 0.1) is 5.92 Å². The van der Waals surface area contributed by atoms with Gasteiger partial charge in [0.05, 0.1) is 26.7 Å². The highest BCUT2D eigenvalue weighted by Crippen LogP contribution is 2.18. The molecular formula is C19H27NO6. The van der Waals surface area contributed by atoms with Crippen LogP contribution in [0.25, 0.3) is 0 Å². The highest BCUT2D eigenvalue weighted by Gasteiger charge is 2.30. The molecule has 0 spiro atoms. The van der Waals surface area contributed by atoms with Gasteiger partial charge in [-0.05, 0) is 37.1 Å². The molecule has 0 bridgehead atoms. The molecule has 1 saturated heterocycles. The van der Waals surface area contributed by atoms with E-state index in [1.165, 1.54) is 7.11 Å². The van der Waals surface area contributed by atoms with Crippen LogP contribution < -0.4 is 9.47 Å². The second-order valence-electron chi connectivity index (χ2n) is 6.23. The number of esters is 1. The van der Waals surface area contributed by atoms with Crippen LogP contribution in [0.2, 0.25) is 0 Å². The van der Waals surface area contributed by atoms with Crippen LogP contribution in [0.3, 0.4) is 0 Å². The molecule has 7 heteroatoms. The zero-order valence-electron chi connectivity index (χ0n) is 15.6. The van der Waals surface area contributed by atoms with E-state index in [0.29, 0.717) is 31.9 Å². The van der Waals surface area contributed by atoms with E-state index in [1.54, 1.807) is 18.9 Å². The van der Waals surface area contributed by atoms with Gasteiger partial charge < -0.3 is 23.8 Å². The monoisotopic (exact) mass is 365 g/mol. The van der Waals surface area contributed by atoms with Gasteiger partial charge in [-0.25, -0.2) is 0 Å². The van der Waals surface area contributed by atoms with E-state index in [9.17, 15) is 9.59 Å². The Morgan fingerprint density at radius 1 is 1.23 bits per heavy atom. The normalized spacial score (nSPS) is 17.4. The third-order valence-electron chi connectivity index (χ3n) is 4.30. The number of carbonyl (C=O) groups is 2. The summed E-state index contributed by atoms with van der Waals surface area (Å²) < 4.78 is 21.1. The Morgan fingerprint density at radius 2 is 1.92 bits per heavy atom. The third kappa shape index (κ3) is 5.62. The molecule has 1 aromatic carbocycles. The average molecular weight is 365 g/mol. The SMILES string of the molecule is COC(=O)C(C)CN(CCOc1ccc(OC)cc1)C(=O)C1CCCO1. The Balaban J connectivity index is 1.93. The molecular weight excluding hydrogens is 338 g/mol. The van der Waals surface area contributed by atoms with Crippen LogP contribution in [0.5, 0.6) is 11.5 Å². The number of benzene rings is 1. The molecule has 0 saturated carbocycles. The number of rotatable bonds is 9. The molecule has 1 aliphatic rings. The highest BCUT2D eigenvalue weighted by molar-refractivity contribution is 5.82. The maximum absolute atomic E-state index is 12.7. The quantitative estimate of drug-likeness (QED) is 0.622. The zero-order chi connectivity index (χ0) is 18.9. The predicted molar refractivity (Wildman–Crippen MR) is 95.2 cm³/mol. The van der Waals surface area contributed by atoms with Crippen LogP contribution in [0.1, 0.15) is 19.8 Å². The van der Waals surface area contributed by atoms with Crippen LogP contribution in [0.15, 0.2) is 24.3 Å². The van der Waals surface area contributed by atoms with Gasteiger partial charge in [0.1, 0.15) is 24.2 Å². The molecule has 1 heterocycles. The Bertz CT molecular complexity index is 582. The zero-order valence-corrected chi connectivity index (χ0v) is 15.6. The van der Waals surface area contributed by atoms with Gasteiger partial charge in [0, 0.05) is 13.2 Å². The highest BCUT2D eigenvalue weighted by atomic mass is 16.5. The van der Waals surface area contributed by atoms with Crippen molar-refractivity contribution < 1.29 is 28.5 Å². The summed E-state index contributed by atoms with van der Waals surface area (Å²) in [5, 5.41) is 0. The Kier molecular flexibility index (Phi) is 7.72. The number of nitrogens with zero attached hydrogens (tertiary/aromatic N) is 1. The number of ether oxygens (including phenoxy) is 4. The minimum Gasteiger partial charge on any atom is -0.497 e. The average Bonchev–Trinajstić information content (AvgIpc) is 3.21. The van der Waals surface area contributed by atoms with Crippen molar-refractivity contribution in [3.8, 4) is 11.5 Å². The lowest BCUT2D eigenvalue weighted by molar-refractivity contribution is -0.148. The topological polar surface area (TPSA) is 74.3 Å². The molecule has 1 fully saturated rings. The number of amides is 1. The van der Waals surface area contributed by atoms with Crippen molar-refractivity contribution >= 4 is 11.9 Å². The molecule has 144 valence electrons. The van der Waals surface area contributed by atoms with E-state index < -0.39 is 12.0 Å². The standard InChI is InChI=1S/C19H27NO6/c1-14(19(22)24-3)13-20(18(21)17-5-4-11-26-17)10-12-25-16-8-6-15(23-2)7-9-16/h6-9,14,17H,4-5,10-13H2,1-3H3. The first-order valence-corrected chi connectivity index (χ1v) is 8.80. The fourth-order valence-corrected chi connectivity index (χ4v) is 2.82. The molecule has 0 radical (unpaired) electrons. The first-order valence-electron chi connectivity index (χ1n) is 8.80. The molecule has 7 nitrogen and oxygen atoms in total. The van der Waals surface area contributed by atoms with Gasteiger partial charge in [-0.2, -0.15) is 0 Å². The Morgan fingerprint density at radius 3 is 2.50 bits per heavy atom. The first-order chi connectivity index (χ1) is 12.5. The number of hydrogen-bond acceptors (Lipinski definition) is 6. The van der Waals surface area contributed by atoms with Gasteiger partial charge in [-0.3, -0.25) is 9.59 Å². The van der Waals surface area contributed by atoms with Gasteiger partial charge in [0.25, 0.3) is 5.91 Å². The van der Waals surface area contributed by atoms with E-state index in [2.05, 4.69) is 0 Å². The van der Waals surface area contributed by atoms with Crippen LogP contribution in [-0.2, 0) is 19.1 Å². The molecule has 0 aromatic heterocycles. The lowest BCUT2D eigenvalue weighted by atomic mass is 10.1. The molecule has 0 aliphatic carbocycles. The smallest absolute Gasteiger partial charge is 0.310 e. The maximum atomic E-state index is 12.7. The van der Waals surface area contributed by atoms with Crippen molar-refractivity contribution in [2.75, 3.05) is 40.5 Å².